The summed E-state index contributed by atoms with van der Waals surface area (Å²) in [5, 5.41) is 9.05. The average Bonchev–Trinajstić information content (AvgIpc) is 3.12. The van der Waals surface area contributed by atoms with E-state index in [9.17, 15) is 18.4 Å². The third-order valence-corrected chi connectivity index (χ3v) is 4.34. The Morgan fingerprint density at radius 2 is 1.93 bits per heavy atom. The van der Waals surface area contributed by atoms with Crippen LogP contribution in [-0.2, 0) is 4.74 Å². The van der Waals surface area contributed by atoms with Gasteiger partial charge in [0.25, 0.3) is 0 Å². The molecule has 27 heavy (non-hydrogen) atoms. The summed E-state index contributed by atoms with van der Waals surface area (Å²) in [4.78, 5) is 24.1. The average molecular weight is 377 g/mol. The van der Waals surface area contributed by atoms with Crippen molar-refractivity contribution in [2.75, 3.05) is 20.2 Å². The van der Waals surface area contributed by atoms with Crippen molar-refractivity contribution in [2.45, 2.75) is 12.5 Å². The van der Waals surface area contributed by atoms with Gasteiger partial charge in [0.2, 0.25) is 0 Å². The zero-order valence-electron chi connectivity index (χ0n) is 14.4. The van der Waals surface area contributed by atoms with Crippen molar-refractivity contribution in [3.05, 3.63) is 53.6 Å². The minimum absolute atomic E-state index is 0.200. The van der Waals surface area contributed by atoms with Gasteiger partial charge < -0.3 is 19.5 Å². The zero-order chi connectivity index (χ0) is 19.6. The highest BCUT2D eigenvalue weighted by Gasteiger charge is 2.28. The van der Waals surface area contributed by atoms with Gasteiger partial charge in [-0.3, -0.25) is 0 Å². The summed E-state index contributed by atoms with van der Waals surface area (Å²) in [6.45, 7) is 0.548. The molecule has 1 unspecified atom stereocenters. The molecule has 8 heteroatoms. The SMILES string of the molecule is COC(=O)c1ccc(OC2CCN(C(=O)O)C2)c(-c2ccc(F)c(F)c2)c1. The maximum Gasteiger partial charge on any atom is 0.407 e. The fourth-order valence-corrected chi connectivity index (χ4v) is 2.94. The highest BCUT2D eigenvalue weighted by Crippen LogP contribution is 2.34. The van der Waals surface area contributed by atoms with E-state index in [1.165, 1.54) is 36.3 Å². The van der Waals surface area contributed by atoms with Gasteiger partial charge in [0.05, 0.1) is 19.2 Å². The molecule has 1 amide bonds. The lowest BCUT2D eigenvalue weighted by Crippen LogP contribution is -2.29. The first-order valence-electron chi connectivity index (χ1n) is 8.21. The smallest absolute Gasteiger partial charge is 0.407 e. The summed E-state index contributed by atoms with van der Waals surface area (Å²) in [5.74, 6) is -2.26. The van der Waals surface area contributed by atoms with Crippen LogP contribution in [0.1, 0.15) is 16.8 Å². The van der Waals surface area contributed by atoms with Gasteiger partial charge in [0, 0.05) is 18.5 Å². The van der Waals surface area contributed by atoms with Crippen molar-refractivity contribution in [1.29, 1.82) is 0 Å². The number of carbonyl (C=O) groups is 2. The van der Waals surface area contributed by atoms with Crippen molar-refractivity contribution < 1.29 is 33.0 Å². The van der Waals surface area contributed by atoms with Gasteiger partial charge in [-0.25, -0.2) is 18.4 Å². The molecule has 1 atom stereocenters. The number of nitrogens with zero attached hydrogens (tertiary/aromatic N) is 1. The van der Waals surface area contributed by atoms with Crippen LogP contribution in [-0.4, -0.2) is 48.4 Å². The van der Waals surface area contributed by atoms with E-state index < -0.39 is 23.7 Å². The third-order valence-electron chi connectivity index (χ3n) is 4.34. The number of likely N-dealkylation sites (tertiary alicyclic amines) is 1. The Morgan fingerprint density at radius 1 is 1.15 bits per heavy atom. The van der Waals surface area contributed by atoms with Gasteiger partial charge in [0.15, 0.2) is 11.6 Å². The van der Waals surface area contributed by atoms with Crippen LogP contribution in [0.15, 0.2) is 36.4 Å². The molecule has 0 aliphatic carbocycles. The highest BCUT2D eigenvalue weighted by atomic mass is 19.2. The summed E-state index contributed by atoms with van der Waals surface area (Å²) in [5.41, 5.74) is 0.927. The molecule has 1 N–H and O–H groups in total. The number of benzene rings is 2. The van der Waals surface area contributed by atoms with Crippen LogP contribution in [0.4, 0.5) is 13.6 Å². The quantitative estimate of drug-likeness (QED) is 0.825. The number of hydrogen-bond acceptors (Lipinski definition) is 4. The molecule has 1 aliphatic rings. The van der Waals surface area contributed by atoms with Gasteiger partial charge in [-0.1, -0.05) is 6.07 Å². The predicted octanol–water partition coefficient (Wildman–Crippen LogP) is 3.55. The van der Waals surface area contributed by atoms with Crippen molar-refractivity contribution >= 4 is 12.1 Å². The Balaban J connectivity index is 1.96. The van der Waals surface area contributed by atoms with Crippen molar-refractivity contribution in [2.24, 2.45) is 0 Å². The molecule has 2 aromatic carbocycles. The fraction of sp³-hybridized carbons (Fsp3) is 0.263. The lowest BCUT2D eigenvalue weighted by Gasteiger charge is -2.18. The molecule has 6 nitrogen and oxygen atoms in total. The van der Waals surface area contributed by atoms with Crippen molar-refractivity contribution in [3.8, 4) is 16.9 Å². The van der Waals surface area contributed by atoms with Gasteiger partial charge in [-0.2, -0.15) is 0 Å². The first-order valence-corrected chi connectivity index (χ1v) is 8.21. The van der Waals surface area contributed by atoms with Crippen LogP contribution in [0.5, 0.6) is 5.75 Å². The van der Waals surface area contributed by atoms with Gasteiger partial charge >= 0.3 is 12.1 Å². The van der Waals surface area contributed by atoms with E-state index in [4.69, 9.17) is 14.6 Å². The van der Waals surface area contributed by atoms with Crippen LogP contribution < -0.4 is 4.74 Å². The fourth-order valence-electron chi connectivity index (χ4n) is 2.94. The zero-order valence-corrected chi connectivity index (χ0v) is 14.4. The van der Waals surface area contributed by atoms with Gasteiger partial charge in [-0.15, -0.1) is 0 Å². The number of hydrogen-bond donors (Lipinski definition) is 1. The molecule has 1 heterocycles. The van der Waals surface area contributed by atoms with E-state index in [0.717, 1.165) is 12.1 Å². The Labute approximate surface area is 153 Å². The molecule has 3 rings (SSSR count). The van der Waals surface area contributed by atoms with Crippen LogP contribution >= 0.6 is 0 Å². The molecule has 0 aromatic heterocycles. The van der Waals surface area contributed by atoms with E-state index in [-0.39, 0.29) is 18.2 Å². The summed E-state index contributed by atoms with van der Waals surface area (Å²) < 4.78 is 37.6. The molecule has 1 aliphatic heterocycles. The molecular weight excluding hydrogens is 360 g/mol. The molecule has 142 valence electrons. The Bertz CT molecular complexity index is 886. The summed E-state index contributed by atoms with van der Waals surface area (Å²) in [6.07, 6.45) is -0.903. The van der Waals surface area contributed by atoms with E-state index >= 15 is 0 Å². The van der Waals surface area contributed by atoms with E-state index in [1.54, 1.807) is 0 Å². The number of amides is 1. The summed E-state index contributed by atoms with van der Waals surface area (Å²) in [6, 6.07) is 7.87. The molecule has 1 fully saturated rings. The number of rotatable bonds is 4. The number of halogens is 2. The summed E-state index contributed by atoms with van der Waals surface area (Å²) >= 11 is 0. The van der Waals surface area contributed by atoms with Gasteiger partial charge in [0.1, 0.15) is 11.9 Å². The Hall–Kier alpha value is -3.16. The van der Waals surface area contributed by atoms with E-state index in [1.807, 2.05) is 0 Å². The van der Waals surface area contributed by atoms with Gasteiger partial charge in [-0.05, 0) is 35.9 Å². The topological polar surface area (TPSA) is 76.1 Å². The first-order chi connectivity index (χ1) is 12.9. The minimum atomic E-state index is -1.03. The monoisotopic (exact) mass is 377 g/mol. The molecule has 0 radical (unpaired) electrons. The second-order valence-electron chi connectivity index (χ2n) is 6.09. The number of esters is 1. The normalized spacial score (nSPS) is 16.3. The van der Waals surface area contributed by atoms with Crippen LogP contribution in [0.25, 0.3) is 11.1 Å². The number of carbonyl (C=O) groups excluding carboxylic acids is 1. The third kappa shape index (κ3) is 3.99. The lowest BCUT2D eigenvalue weighted by molar-refractivity contribution is 0.0600. The highest BCUT2D eigenvalue weighted by molar-refractivity contribution is 5.92. The Kier molecular flexibility index (Phi) is 5.25. The number of methoxy groups -OCH3 is 1. The largest absolute Gasteiger partial charge is 0.488 e. The predicted molar refractivity (Wildman–Crippen MR) is 91.8 cm³/mol. The van der Waals surface area contributed by atoms with Crippen LogP contribution in [0.2, 0.25) is 0 Å². The van der Waals surface area contributed by atoms with E-state index in [2.05, 4.69) is 0 Å². The maximum atomic E-state index is 13.7. The van der Waals surface area contributed by atoms with E-state index in [0.29, 0.717) is 29.8 Å². The maximum absolute atomic E-state index is 13.7. The summed E-state index contributed by atoms with van der Waals surface area (Å²) in [7, 11) is 1.24. The standard InChI is InChI=1S/C19H17F2NO5/c1-26-18(23)12-3-5-17(27-13-6-7-22(10-13)19(24)25)14(8-12)11-2-4-15(20)16(21)9-11/h2-5,8-9,13H,6-7,10H2,1H3,(H,24,25). The Morgan fingerprint density at radius 3 is 2.56 bits per heavy atom. The molecular formula is C19H17F2NO5. The minimum Gasteiger partial charge on any atom is -0.488 e. The second-order valence-corrected chi connectivity index (χ2v) is 6.09. The lowest BCUT2D eigenvalue weighted by atomic mass is 10.0. The second kappa shape index (κ2) is 7.61. The molecule has 0 spiro atoms. The number of ether oxygens (including phenoxy) is 2. The van der Waals surface area contributed by atoms with Crippen LogP contribution in [0.3, 0.4) is 0 Å². The van der Waals surface area contributed by atoms with Crippen LogP contribution in [0, 0.1) is 11.6 Å². The van der Waals surface area contributed by atoms with Crippen molar-refractivity contribution in [3.63, 3.8) is 0 Å². The molecule has 0 bridgehead atoms. The van der Waals surface area contributed by atoms with Crippen molar-refractivity contribution in [1.82, 2.24) is 4.90 Å². The first kappa shape index (κ1) is 18.6. The molecule has 2 aromatic rings. The molecule has 1 saturated heterocycles. The molecule has 0 saturated carbocycles. The number of carboxylic acid groups (broad SMARTS) is 1.